The highest BCUT2D eigenvalue weighted by Crippen LogP contribution is 2.31. The van der Waals surface area contributed by atoms with Crippen molar-refractivity contribution in [2.24, 2.45) is 5.10 Å². The van der Waals surface area contributed by atoms with Gasteiger partial charge >= 0.3 is 0 Å². The molecule has 1 saturated heterocycles. The summed E-state index contributed by atoms with van der Waals surface area (Å²) in [5.41, 5.74) is 1.49. The number of nitriles is 1. The van der Waals surface area contributed by atoms with E-state index in [1.54, 1.807) is 34.8 Å². The number of nitrogens with zero attached hydrogens (tertiary/aromatic N) is 8. The van der Waals surface area contributed by atoms with Crippen molar-refractivity contribution in [3.05, 3.63) is 64.0 Å². The topological polar surface area (TPSA) is 150 Å². The number of sulfonamides is 1. The molecule has 0 bridgehead atoms. The quantitative estimate of drug-likeness (QED) is 0.230. The van der Waals surface area contributed by atoms with Gasteiger partial charge in [0.15, 0.2) is 0 Å². The number of hydrogen-bond donors (Lipinski definition) is 0. The van der Waals surface area contributed by atoms with Crippen molar-refractivity contribution in [3.63, 3.8) is 0 Å². The van der Waals surface area contributed by atoms with Crippen molar-refractivity contribution in [2.75, 3.05) is 58.4 Å². The summed E-state index contributed by atoms with van der Waals surface area (Å²) in [5, 5.41) is 28.8. The Hall–Kier alpha value is -4.06. The van der Waals surface area contributed by atoms with E-state index in [-0.39, 0.29) is 10.6 Å². The maximum absolute atomic E-state index is 13.5. The Morgan fingerprint density at radius 3 is 2.73 bits per heavy atom. The first kappa shape index (κ1) is 26.0. The zero-order valence-corrected chi connectivity index (χ0v) is 21.2. The summed E-state index contributed by atoms with van der Waals surface area (Å²) in [4.78, 5) is 14.5. The lowest BCUT2D eigenvalue weighted by Crippen LogP contribution is -2.41. The first-order valence-corrected chi connectivity index (χ1v) is 12.8. The molecule has 0 radical (unpaired) electrons. The number of morpholine rings is 1. The largest absolute Gasteiger partial charge is 0.379 e. The van der Waals surface area contributed by atoms with Crippen LogP contribution in [0.1, 0.15) is 11.1 Å². The molecule has 0 unspecified atom stereocenters. The summed E-state index contributed by atoms with van der Waals surface area (Å²) in [6.07, 6.45) is 4.44. The number of ether oxygens (including phenoxy) is 1. The molecule has 13 nitrogen and oxygen atoms in total. The molecule has 1 aromatic carbocycles. The van der Waals surface area contributed by atoms with Crippen LogP contribution in [-0.4, -0.2) is 92.0 Å². The molecule has 0 amide bonds. The van der Waals surface area contributed by atoms with E-state index in [0.29, 0.717) is 48.6 Å². The molecule has 0 aliphatic carbocycles. The standard InChI is InChI=1S/C23H26N8O5S/c1-27(7-8-29-9-11-36-12-10-29)21-4-3-20(31(32)33)14-23(21)37(34,35)28(2)25-16-19-17-26-30-6-5-18(15-24)13-22(19)30/h3-6,13-14,16-17H,7-12H2,1-2H3/b25-16-. The van der Waals surface area contributed by atoms with Crippen LogP contribution >= 0.6 is 0 Å². The van der Waals surface area contributed by atoms with Crippen LogP contribution in [0.4, 0.5) is 11.4 Å². The smallest absolute Gasteiger partial charge is 0.281 e. The summed E-state index contributed by atoms with van der Waals surface area (Å²) in [6, 6.07) is 9.05. The zero-order chi connectivity index (χ0) is 26.6. The third kappa shape index (κ3) is 5.69. The minimum atomic E-state index is -4.26. The molecule has 37 heavy (non-hydrogen) atoms. The highest BCUT2D eigenvalue weighted by atomic mass is 32.2. The second-order valence-electron chi connectivity index (χ2n) is 8.43. The van der Waals surface area contributed by atoms with Crippen LogP contribution in [-0.2, 0) is 14.8 Å². The van der Waals surface area contributed by atoms with Gasteiger partial charge in [0.25, 0.3) is 15.7 Å². The second-order valence-corrected chi connectivity index (χ2v) is 10.3. The molecule has 0 spiro atoms. The molecule has 194 valence electrons. The Balaban J connectivity index is 1.62. The molecule has 0 atom stereocenters. The Kier molecular flexibility index (Phi) is 7.67. The van der Waals surface area contributed by atoms with E-state index in [1.165, 1.54) is 31.6 Å². The van der Waals surface area contributed by atoms with Crippen molar-refractivity contribution in [2.45, 2.75) is 4.90 Å². The van der Waals surface area contributed by atoms with Gasteiger partial charge in [-0.1, -0.05) is 0 Å². The van der Waals surface area contributed by atoms with Gasteiger partial charge < -0.3 is 9.64 Å². The van der Waals surface area contributed by atoms with Gasteiger partial charge in [-0.15, -0.1) is 0 Å². The first-order valence-electron chi connectivity index (χ1n) is 11.4. The summed E-state index contributed by atoms with van der Waals surface area (Å²) in [5.74, 6) is 0. The van der Waals surface area contributed by atoms with Crippen molar-refractivity contribution in [1.29, 1.82) is 5.26 Å². The predicted octanol–water partition coefficient (Wildman–Crippen LogP) is 1.54. The van der Waals surface area contributed by atoms with E-state index in [0.717, 1.165) is 23.6 Å². The first-order chi connectivity index (χ1) is 17.7. The molecule has 1 aliphatic heterocycles. The van der Waals surface area contributed by atoms with Gasteiger partial charge in [0.1, 0.15) is 4.90 Å². The normalized spacial score (nSPS) is 14.6. The Morgan fingerprint density at radius 2 is 2.03 bits per heavy atom. The monoisotopic (exact) mass is 526 g/mol. The molecule has 3 aromatic rings. The average Bonchev–Trinajstić information content (AvgIpc) is 3.32. The van der Waals surface area contributed by atoms with E-state index < -0.39 is 14.9 Å². The van der Waals surface area contributed by atoms with Gasteiger partial charge in [-0.25, -0.2) is 4.52 Å². The van der Waals surface area contributed by atoms with Crippen molar-refractivity contribution in [3.8, 4) is 6.07 Å². The van der Waals surface area contributed by atoms with Crippen LogP contribution in [0.3, 0.4) is 0 Å². The lowest BCUT2D eigenvalue weighted by atomic mass is 10.2. The van der Waals surface area contributed by atoms with Gasteiger partial charge in [-0.05, 0) is 18.2 Å². The predicted molar refractivity (Wildman–Crippen MR) is 136 cm³/mol. The van der Waals surface area contributed by atoms with E-state index >= 15 is 0 Å². The van der Waals surface area contributed by atoms with Gasteiger partial charge in [-0.2, -0.15) is 28.3 Å². The van der Waals surface area contributed by atoms with Gasteiger partial charge in [0.05, 0.1) is 53.4 Å². The molecule has 3 heterocycles. The van der Waals surface area contributed by atoms with Gasteiger partial charge in [0, 0.05) is 64.2 Å². The number of rotatable bonds is 9. The van der Waals surface area contributed by atoms with Crippen LogP contribution in [0.5, 0.6) is 0 Å². The number of benzene rings is 1. The van der Waals surface area contributed by atoms with Crippen LogP contribution in [0.2, 0.25) is 0 Å². The number of anilines is 1. The minimum absolute atomic E-state index is 0.225. The number of hydrazone groups is 1. The highest BCUT2D eigenvalue weighted by molar-refractivity contribution is 7.89. The fourth-order valence-corrected chi connectivity index (χ4v) is 5.11. The van der Waals surface area contributed by atoms with Crippen LogP contribution < -0.4 is 4.90 Å². The van der Waals surface area contributed by atoms with Gasteiger partial charge in [-0.3, -0.25) is 15.0 Å². The lowest BCUT2D eigenvalue weighted by Gasteiger charge is -2.30. The summed E-state index contributed by atoms with van der Waals surface area (Å²) in [6.45, 7) is 4.06. The number of pyridine rings is 1. The summed E-state index contributed by atoms with van der Waals surface area (Å²) >= 11 is 0. The summed E-state index contributed by atoms with van der Waals surface area (Å²) in [7, 11) is -1.25. The number of non-ortho nitro benzene ring substituents is 1. The fourth-order valence-electron chi connectivity index (χ4n) is 3.89. The molecular formula is C23H26N8O5S. The van der Waals surface area contributed by atoms with Crippen LogP contribution in [0.15, 0.2) is 52.7 Å². The highest BCUT2D eigenvalue weighted by Gasteiger charge is 2.28. The fraction of sp³-hybridized carbons (Fsp3) is 0.348. The molecule has 0 N–H and O–H groups in total. The Labute approximate surface area is 214 Å². The van der Waals surface area contributed by atoms with E-state index in [9.17, 15) is 18.5 Å². The molecule has 1 aliphatic rings. The Bertz CT molecular complexity index is 1470. The number of hydrogen-bond acceptors (Lipinski definition) is 10. The van der Waals surface area contributed by atoms with E-state index in [1.807, 2.05) is 6.07 Å². The zero-order valence-electron chi connectivity index (χ0n) is 20.4. The van der Waals surface area contributed by atoms with Crippen molar-refractivity contribution >= 4 is 33.1 Å². The number of fused-ring (bicyclic) bond motifs is 1. The SMILES string of the molecule is CN(CCN1CCOCC1)c1ccc([N+](=O)[O-])cc1S(=O)(=O)N(C)/N=C\c1cnn2ccc(C#N)cc12. The van der Waals surface area contributed by atoms with Gasteiger partial charge in [0.2, 0.25) is 0 Å². The van der Waals surface area contributed by atoms with Crippen LogP contribution in [0, 0.1) is 21.4 Å². The number of nitro benzene ring substituents is 1. The lowest BCUT2D eigenvalue weighted by molar-refractivity contribution is -0.385. The molecule has 4 rings (SSSR count). The number of likely N-dealkylation sites (N-methyl/N-ethyl adjacent to an activating group) is 1. The second kappa shape index (κ2) is 10.9. The maximum Gasteiger partial charge on any atom is 0.281 e. The molecule has 2 aromatic heterocycles. The van der Waals surface area contributed by atoms with E-state index in [2.05, 4.69) is 15.1 Å². The molecular weight excluding hydrogens is 500 g/mol. The van der Waals surface area contributed by atoms with Crippen LogP contribution in [0.25, 0.3) is 5.52 Å². The Morgan fingerprint density at radius 1 is 1.27 bits per heavy atom. The van der Waals surface area contributed by atoms with Crippen molar-refractivity contribution < 1.29 is 18.1 Å². The molecule has 0 saturated carbocycles. The molecule has 1 fully saturated rings. The minimum Gasteiger partial charge on any atom is -0.379 e. The third-order valence-electron chi connectivity index (χ3n) is 6.09. The number of nitro groups is 1. The average molecular weight is 527 g/mol. The molecule has 14 heteroatoms. The van der Waals surface area contributed by atoms with Crippen molar-refractivity contribution in [1.82, 2.24) is 18.9 Å². The number of aromatic nitrogens is 2. The maximum atomic E-state index is 13.5. The van der Waals surface area contributed by atoms with E-state index in [4.69, 9.17) is 10.00 Å². The summed E-state index contributed by atoms with van der Waals surface area (Å²) < 4.78 is 34.7. The third-order valence-corrected chi connectivity index (χ3v) is 7.76.